The molecule has 0 bridgehead atoms. The third-order valence-electron chi connectivity index (χ3n) is 3.48. The maximum Gasteiger partial charge on any atom is 0.320 e. The lowest BCUT2D eigenvalue weighted by Gasteiger charge is -2.22. The Morgan fingerprint density at radius 1 is 1.27 bits per heavy atom. The summed E-state index contributed by atoms with van der Waals surface area (Å²) in [7, 11) is 0. The summed E-state index contributed by atoms with van der Waals surface area (Å²) >= 11 is 0. The molecular formula is C17H23N3O2. The summed E-state index contributed by atoms with van der Waals surface area (Å²) in [5.74, 6) is -0.669. The van der Waals surface area contributed by atoms with Gasteiger partial charge in [-0.25, -0.2) is 5.01 Å². The molecule has 1 aliphatic heterocycles. The standard InChI is InChI=1S/C17H23N3O2/c1-2-3-4-8-13-22-17(21)15-11-12-20(19-16(15)18)14-9-6-5-7-10-14/h5-7,9-12,15H,2-4,8,13H2,1H3,(H2,18,19). The molecule has 1 unspecified atom stereocenters. The number of amidine groups is 1. The molecule has 1 heterocycles. The number of hydrogen-bond acceptors (Lipinski definition) is 5. The molecule has 0 aliphatic carbocycles. The second kappa shape index (κ2) is 8.22. The average Bonchev–Trinajstić information content (AvgIpc) is 2.55. The molecule has 0 saturated carbocycles. The number of unbranched alkanes of at least 4 members (excludes halogenated alkanes) is 3. The minimum atomic E-state index is -0.592. The van der Waals surface area contributed by atoms with Crippen LogP contribution >= 0.6 is 0 Å². The van der Waals surface area contributed by atoms with Crippen LogP contribution in [0.5, 0.6) is 0 Å². The number of hydrazone groups is 1. The molecule has 118 valence electrons. The zero-order valence-corrected chi connectivity index (χ0v) is 12.9. The predicted octanol–water partition coefficient (Wildman–Crippen LogP) is 3.03. The lowest BCUT2D eigenvalue weighted by molar-refractivity contribution is -0.144. The van der Waals surface area contributed by atoms with Crippen molar-refractivity contribution in [3.63, 3.8) is 0 Å². The van der Waals surface area contributed by atoms with Crippen molar-refractivity contribution in [3.8, 4) is 0 Å². The predicted molar refractivity (Wildman–Crippen MR) is 88.3 cm³/mol. The summed E-state index contributed by atoms with van der Waals surface area (Å²) in [5.41, 5.74) is 6.81. The summed E-state index contributed by atoms with van der Waals surface area (Å²) in [6.45, 7) is 2.59. The number of para-hydroxylation sites is 1. The van der Waals surface area contributed by atoms with Gasteiger partial charge in [0.05, 0.1) is 12.3 Å². The van der Waals surface area contributed by atoms with E-state index < -0.39 is 5.92 Å². The van der Waals surface area contributed by atoms with E-state index in [-0.39, 0.29) is 11.8 Å². The molecule has 22 heavy (non-hydrogen) atoms. The van der Waals surface area contributed by atoms with Crippen molar-refractivity contribution < 1.29 is 9.53 Å². The van der Waals surface area contributed by atoms with Gasteiger partial charge in [-0.15, -0.1) is 0 Å². The van der Waals surface area contributed by atoms with Crippen LogP contribution in [0, 0.1) is 5.92 Å². The highest BCUT2D eigenvalue weighted by molar-refractivity contribution is 6.03. The van der Waals surface area contributed by atoms with Crippen molar-refractivity contribution in [1.82, 2.24) is 0 Å². The quantitative estimate of drug-likeness (QED) is 0.621. The van der Waals surface area contributed by atoms with E-state index in [1.54, 1.807) is 17.3 Å². The number of nitrogens with two attached hydrogens (primary N) is 1. The number of hydrogen-bond donors (Lipinski definition) is 1. The maximum absolute atomic E-state index is 12.0. The van der Waals surface area contributed by atoms with Gasteiger partial charge in [-0.05, 0) is 24.6 Å². The number of carbonyl (C=O) groups is 1. The van der Waals surface area contributed by atoms with Gasteiger partial charge in [0.2, 0.25) is 0 Å². The summed E-state index contributed by atoms with van der Waals surface area (Å²) in [6.07, 6.45) is 7.77. The van der Waals surface area contributed by atoms with Crippen LogP contribution in [-0.2, 0) is 9.53 Å². The second-order valence-electron chi connectivity index (χ2n) is 5.25. The summed E-state index contributed by atoms with van der Waals surface area (Å²) < 4.78 is 5.27. The van der Waals surface area contributed by atoms with E-state index in [9.17, 15) is 4.79 Å². The van der Waals surface area contributed by atoms with Crippen molar-refractivity contribution >= 4 is 17.5 Å². The smallest absolute Gasteiger partial charge is 0.320 e. The highest BCUT2D eigenvalue weighted by Crippen LogP contribution is 2.19. The number of esters is 1. The van der Waals surface area contributed by atoms with E-state index in [2.05, 4.69) is 12.0 Å². The average molecular weight is 301 g/mol. The third-order valence-corrected chi connectivity index (χ3v) is 3.48. The van der Waals surface area contributed by atoms with Crippen LogP contribution in [0.1, 0.15) is 32.6 Å². The van der Waals surface area contributed by atoms with Crippen LogP contribution < -0.4 is 10.7 Å². The Bertz CT molecular complexity index is 540. The van der Waals surface area contributed by atoms with Gasteiger partial charge in [-0.2, -0.15) is 5.10 Å². The Kier molecular flexibility index (Phi) is 6.01. The van der Waals surface area contributed by atoms with Crippen LogP contribution in [0.15, 0.2) is 47.7 Å². The first-order valence-corrected chi connectivity index (χ1v) is 7.75. The molecular weight excluding hydrogens is 278 g/mol. The minimum Gasteiger partial charge on any atom is -0.465 e. The van der Waals surface area contributed by atoms with Crippen LogP contribution in [0.2, 0.25) is 0 Å². The van der Waals surface area contributed by atoms with E-state index in [0.717, 1.165) is 31.4 Å². The lowest BCUT2D eigenvalue weighted by atomic mass is 10.1. The zero-order chi connectivity index (χ0) is 15.8. The van der Waals surface area contributed by atoms with E-state index in [4.69, 9.17) is 10.5 Å². The maximum atomic E-state index is 12.0. The van der Waals surface area contributed by atoms with Gasteiger partial charge in [0.25, 0.3) is 0 Å². The van der Waals surface area contributed by atoms with Crippen LogP contribution in [0.3, 0.4) is 0 Å². The molecule has 1 aromatic rings. The first-order valence-electron chi connectivity index (χ1n) is 7.75. The van der Waals surface area contributed by atoms with Crippen molar-refractivity contribution in [3.05, 3.63) is 42.6 Å². The van der Waals surface area contributed by atoms with Gasteiger partial charge in [-0.1, -0.05) is 44.4 Å². The molecule has 2 rings (SSSR count). The van der Waals surface area contributed by atoms with Crippen molar-refractivity contribution in [2.24, 2.45) is 16.8 Å². The Morgan fingerprint density at radius 3 is 2.73 bits per heavy atom. The molecule has 0 saturated heterocycles. The first kappa shape index (κ1) is 16.1. The van der Waals surface area contributed by atoms with E-state index >= 15 is 0 Å². The molecule has 0 spiro atoms. The van der Waals surface area contributed by atoms with Gasteiger partial charge in [0.1, 0.15) is 11.8 Å². The number of benzene rings is 1. The fourth-order valence-corrected chi connectivity index (χ4v) is 2.20. The van der Waals surface area contributed by atoms with Gasteiger partial charge in [0, 0.05) is 6.20 Å². The normalized spacial score (nSPS) is 17.2. The number of ether oxygens (including phenoxy) is 1. The third kappa shape index (κ3) is 4.35. The number of nitrogens with zero attached hydrogens (tertiary/aromatic N) is 2. The highest BCUT2D eigenvalue weighted by atomic mass is 16.5. The summed E-state index contributed by atoms with van der Waals surface area (Å²) in [5, 5.41) is 5.91. The SMILES string of the molecule is CCCCCCOC(=O)C1C=CN(c2ccccc2)N=C1N. The molecule has 0 fully saturated rings. The van der Waals surface area contributed by atoms with Crippen molar-refractivity contribution in [2.45, 2.75) is 32.6 Å². The molecule has 1 aromatic carbocycles. The van der Waals surface area contributed by atoms with Gasteiger partial charge < -0.3 is 10.5 Å². The van der Waals surface area contributed by atoms with Crippen LogP contribution in [0.4, 0.5) is 5.69 Å². The Labute approximate surface area is 131 Å². The van der Waals surface area contributed by atoms with E-state index in [1.807, 2.05) is 30.3 Å². The summed E-state index contributed by atoms with van der Waals surface area (Å²) in [6, 6.07) is 9.63. The molecule has 0 amide bonds. The molecule has 2 N–H and O–H groups in total. The molecule has 0 radical (unpaired) electrons. The molecule has 5 heteroatoms. The largest absolute Gasteiger partial charge is 0.465 e. The highest BCUT2D eigenvalue weighted by Gasteiger charge is 2.25. The topological polar surface area (TPSA) is 67.9 Å². The van der Waals surface area contributed by atoms with Crippen molar-refractivity contribution in [1.29, 1.82) is 0 Å². The molecule has 0 aromatic heterocycles. The first-order chi connectivity index (χ1) is 10.7. The van der Waals surface area contributed by atoms with Gasteiger partial charge >= 0.3 is 5.97 Å². The molecule has 1 atom stereocenters. The zero-order valence-electron chi connectivity index (χ0n) is 12.9. The number of rotatable bonds is 7. The Hall–Kier alpha value is -2.30. The van der Waals surface area contributed by atoms with Gasteiger partial charge in [0.15, 0.2) is 0 Å². The Morgan fingerprint density at radius 2 is 2.05 bits per heavy atom. The van der Waals surface area contributed by atoms with Crippen LogP contribution in [-0.4, -0.2) is 18.4 Å². The van der Waals surface area contributed by atoms with Crippen LogP contribution in [0.25, 0.3) is 0 Å². The van der Waals surface area contributed by atoms with E-state index in [0.29, 0.717) is 6.61 Å². The molecule has 1 aliphatic rings. The van der Waals surface area contributed by atoms with E-state index in [1.165, 1.54) is 0 Å². The minimum absolute atomic E-state index is 0.255. The molecule has 5 nitrogen and oxygen atoms in total. The fourth-order valence-electron chi connectivity index (χ4n) is 2.20. The summed E-state index contributed by atoms with van der Waals surface area (Å²) in [4.78, 5) is 12.0. The van der Waals surface area contributed by atoms with Crippen molar-refractivity contribution in [2.75, 3.05) is 11.6 Å². The Balaban J connectivity index is 1.87. The number of carbonyl (C=O) groups excluding carboxylic acids is 1. The monoisotopic (exact) mass is 301 g/mol. The second-order valence-corrected chi connectivity index (χ2v) is 5.25. The lowest BCUT2D eigenvalue weighted by Crippen LogP contribution is -2.35. The fraction of sp³-hybridized carbons (Fsp3) is 0.412. The number of anilines is 1. The van der Waals surface area contributed by atoms with Gasteiger partial charge in [-0.3, -0.25) is 4.79 Å².